The van der Waals surface area contributed by atoms with Crippen LogP contribution in [0.3, 0.4) is 0 Å². The Hall–Kier alpha value is -3.64. The van der Waals surface area contributed by atoms with Crippen LogP contribution in [0.15, 0.2) is 66.9 Å². The molecule has 1 fully saturated rings. The van der Waals surface area contributed by atoms with Crippen LogP contribution >= 0.6 is 11.6 Å². The Morgan fingerprint density at radius 3 is 2.27 bits per heavy atom. The number of nitrogens with one attached hydrogen (secondary N) is 2. The number of anilines is 2. The zero-order valence-electron chi connectivity index (χ0n) is 25.7. The predicted molar refractivity (Wildman–Crippen MR) is 165 cm³/mol. The van der Waals surface area contributed by atoms with E-state index >= 15 is 0 Å². The van der Waals surface area contributed by atoms with Gasteiger partial charge in [0.1, 0.15) is 22.7 Å². The smallest absolute Gasteiger partial charge is 1.00 e. The maximum atomic E-state index is 13.2. The molecule has 3 aromatic carbocycles. The Kier molecular flexibility index (Phi) is 10.9. The topological polar surface area (TPSA) is 136 Å². The number of carboxylic acid groups (broad SMARTS) is 1. The number of rotatable bonds is 12. The zero-order valence-corrected chi connectivity index (χ0v) is 26.7. The normalized spacial score (nSPS) is 12.9. The average Bonchev–Trinajstić information content (AvgIpc) is 3.80. The molecule has 226 valence electrons. The van der Waals surface area contributed by atoms with Crippen LogP contribution in [-0.2, 0) is 14.4 Å². The number of methoxy groups -OCH3 is 1. The number of hydrogen-bond donors (Lipinski definition) is 3. The number of carbonyl (C=O) groups is 3. The molecule has 2 amide bonds. The Bertz CT molecular complexity index is 1710. The number of ether oxygens (including phenoxy) is 3. The number of benzene rings is 3. The Morgan fingerprint density at radius 1 is 0.955 bits per heavy atom. The van der Waals surface area contributed by atoms with Gasteiger partial charge in [0.2, 0.25) is 11.8 Å². The number of amides is 2. The summed E-state index contributed by atoms with van der Waals surface area (Å²) in [7, 11) is 1.49. The zero-order chi connectivity index (χ0) is 30.6. The quantitative estimate of drug-likeness (QED) is 0.0928. The standard InChI is InChI=1S/C31H27ClFN3O7.Ca.2H/c1-41-26-16-21-23(17-27(26)42-14-2-3-28(37)38)34-13-10-24(21)43-25-9-8-20(15-22(25)32)36-30(40)31(11-12-31)29(39)35-19-6-4-18(33)5-7-19;;;/h4-10,13,15-17H,2-3,11-12,14H2,1H3,(H,35,39)(H,36,40)(H,37,38);;;/q;+2;2*-1. The minimum Gasteiger partial charge on any atom is -1.00 e. The fourth-order valence-corrected chi connectivity index (χ4v) is 4.61. The van der Waals surface area contributed by atoms with Crippen LogP contribution in [0.4, 0.5) is 15.8 Å². The van der Waals surface area contributed by atoms with Gasteiger partial charge in [-0.2, -0.15) is 0 Å². The van der Waals surface area contributed by atoms with Gasteiger partial charge in [-0.25, -0.2) is 4.39 Å². The van der Waals surface area contributed by atoms with Gasteiger partial charge in [0.15, 0.2) is 11.5 Å². The van der Waals surface area contributed by atoms with E-state index in [0.29, 0.717) is 64.5 Å². The Morgan fingerprint density at radius 2 is 1.64 bits per heavy atom. The summed E-state index contributed by atoms with van der Waals surface area (Å²) >= 11 is 6.52. The largest absolute Gasteiger partial charge is 2.00 e. The molecule has 0 bridgehead atoms. The first-order chi connectivity index (χ1) is 20.7. The summed E-state index contributed by atoms with van der Waals surface area (Å²) in [6, 6.07) is 15.1. The first-order valence-corrected chi connectivity index (χ1v) is 13.7. The van der Waals surface area contributed by atoms with Gasteiger partial charge in [-0.05, 0) is 73.9 Å². The van der Waals surface area contributed by atoms with Crippen molar-refractivity contribution in [3.05, 3.63) is 77.7 Å². The minimum absolute atomic E-state index is 0. The molecule has 1 heterocycles. The van der Waals surface area contributed by atoms with Gasteiger partial charge in [-0.1, -0.05) is 11.6 Å². The first-order valence-electron chi connectivity index (χ1n) is 13.4. The van der Waals surface area contributed by atoms with Crippen molar-refractivity contribution in [2.24, 2.45) is 5.41 Å². The van der Waals surface area contributed by atoms with Crippen molar-refractivity contribution >= 4 is 89.4 Å². The molecule has 0 aliphatic heterocycles. The summed E-state index contributed by atoms with van der Waals surface area (Å²) in [5, 5.41) is 15.1. The van der Waals surface area contributed by atoms with E-state index in [1.54, 1.807) is 36.5 Å². The molecule has 13 heteroatoms. The van der Waals surface area contributed by atoms with E-state index in [-0.39, 0.29) is 58.6 Å². The van der Waals surface area contributed by atoms with Crippen LogP contribution in [0.2, 0.25) is 5.02 Å². The summed E-state index contributed by atoms with van der Waals surface area (Å²) in [6.07, 6.45) is 2.66. The number of hydrogen-bond acceptors (Lipinski definition) is 7. The second kappa shape index (κ2) is 14.4. The molecular formula is C31H29CaClFN3O7. The van der Waals surface area contributed by atoms with Crippen LogP contribution < -0.4 is 24.8 Å². The summed E-state index contributed by atoms with van der Waals surface area (Å²) in [5.74, 6) is -0.663. The van der Waals surface area contributed by atoms with Crippen molar-refractivity contribution in [1.29, 1.82) is 0 Å². The third-order valence-electron chi connectivity index (χ3n) is 6.91. The molecule has 1 saturated carbocycles. The minimum atomic E-state index is -1.22. The second-order valence-corrected chi connectivity index (χ2v) is 10.3. The molecule has 1 aliphatic rings. The molecule has 4 aromatic rings. The summed E-state index contributed by atoms with van der Waals surface area (Å²) in [6.45, 7) is 0.197. The maximum absolute atomic E-state index is 13.2. The van der Waals surface area contributed by atoms with Gasteiger partial charge in [-0.15, -0.1) is 0 Å². The van der Waals surface area contributed by atoms with E-state index in [9.17, 15) is 18.8 Å². The molecule has 0 spiro atoms. The number of fused-ring (bicyclic) bond motifs is 1. The van der Waals surface area contributed by atoms with Crippen molar-refractivity contribution in [2.45, 2.75) is 25.7 Å². The molecule has 5 rings (SSSR count). The number of nitrogens with zero attached hydrogens (tertiary/aromatic N) is 1. The van der Waals surface area contributed by atoms with Gasteiger partial charge in [0, 0.05) is 35.4 Å². The van der Waals surface area contributed by atoms with Crippen LogP contribution in [-0.4, -0.2) is 79.3 Å². The van der Waals surface area contributed by atoms with Gasteiger partial charge >= 0.3 is 43.7 Å². The van der Waals surface area contributed by atoms with Crippen LogP contribution in [0.25, 0.3) is 10.9 Å². The van der Waals surface area contributed by atoms with E-state index in [0.717, 1.165) is 0 Å². The molecular weight excluding hydrogens is 621 g/mol. The molecule has 1 aromatic heterocycles. The van der Waals surface area contributed by atoms with Gasteiger partial charge in [-0.3, -0.25) is 19.4 Å². The van der Waals surface area contributed by atoms with E-state index in [4.69, 9.17) is 30.9 Å². The van der Waals surface area contributed by atoms with Crippen molar-refractivity contribution in [3.63, 3.8) is 0 Å². The van der Waals surface area contributed by atoms with Crippen molar-refractivity contribution in [2.75, 3.05) is 24.4 Å². The monoisotopic (exact) mass is 649 g/mol. The number of carbonyl (C=O) groups excluding carboxylic acids is 2. The van der Waals surface area contributed by atoms with E-state index in [1.165, 1.54) is 37.4 Å². The third kappa shape index (κ3) is 7.70. The van der Waals surface area contributed by atoms with Gasteiger partial charge < -0.3 is 32.8 Å². The number of aliphatic carboxylic acids is 1. The number of pyridine rings is 1. The fourth-order valence-electron chi connectivity index (χ4n) is 4.39. The van der Waals surface area contributed by atoms with Gasteiger partial charge in [0.05, 0.1) is 24.3 Å². The molecule has 3 N–H and O–H groups in total. The van der Waals surface area contributed by atoms with Crippen LogP contribution in [0, 0.1) is 11.2 Å². The average molecular weight is 650 g/mol. The van der Waals surface area contributed by atoms with Gasteiger partial charge in [0.25, 0.3) is 0 Å². The van der Waals surface area contributed by atoms with Crippen LogP contribution in [0.5, 0.6) is 23.0 Å². The number of halogens is 2. The van der Waals surface area contributed by atoms with E-state index in [2.05, 4.69) is 15.6 Å². The van der Waals surface area contributed by atoms with Crippen molar-refractivity contribution in [1.82, 2.24) is 4.98 Å². The molecule has 0 saturated heterocycles. The fraction of sp³-hybridized carbons (Fsp3) is 0.226. The third-order valence-corrected chi connectivity index (χ3v) is 7.21. The maximum Gasteiger partial charge on any atom is 2.00 e. The SMILES string of the molecule is COc1cc2c(Oc3ccc(NC(=O)C4(C(=O)Nc5ccc(F)cc5)CC4)cc3Cl)ccnc2cc1OCCCC(=O)O.[Ca+2].[H-].[H-]. The second-order valence-electron chi connectivity index (χ2n) is 9.92. The molecule has 44 heavy (non-hydrogen) atoms. The molecule has 0 atom stereocenters. The summed E-state index contributed by atoms with van der Waals surface area (Å²) in [4.78, 5) is 41.0. The Balaban J connectivity index is 0.00000245. The molecule has 0 radical (unpaired) electrons. The van der Waals surface area contributed by atoms with Crippen LogP contribution in [0.1, 0.15) is 28.5 Å². The molecule has 10 nitrogen and oxygen atoms in total. The van der Waals surface area contributed by atoms with Crippen molar-refractivity contribution in [3.8, 4) is 23.0 Å². The summed E-state index contributed by atoms with van der Waals surface area (Å²) in [5.41, 5.74) is 0.120. The molecule has 1 aliphatic carbocycles. The number of carboxylic acids is 1. The summed E-state index contributed by atoms with van der Waals surface area (Å²) < 4.78 is 30.5. The predicted octanol–water partition coefficient (Wildman–Crippen LogP) is 6.27. The first kappa shape index (κ1) is 33.3. The number of aromatic nitrogens is 1. The Labute approximate surface area is 289 Å². The van der Waals surface area contributed by atoms with Crippen molar-refractivity contribution < 1.29 is 40.9 Å². The van der Waals surface area contributed by atoms with E-state index in [1.807, 2.05) is 0 Å². The van der Waals surface area contributed by atoms with E-state index < -0.39 is 29.0 Å². The molecule has 0 unspecified atom stereocenters.